The minimum Gasteiger partial charge on any atom is -0.235 e. The predicted octanol–water partition coefficient (Wildman–Crippen LogP) is 4.62. The van der Waals surface area contributed by atoms with E-state index in [1.807, 2.05) is 11.3 Å². The molecular weight excluding hydrogens is 298 g/mol. The fourth-order valence-electron chi connectivity index (χ4n) is 3.40. The quantitative estimate of drug-likeness (QED) is 0.675. The average Bonchev–Trinajstić information content (AvgIpc) is 3.05. The summed E-state index contributed by atoms with van der Waals surface area (Å²) in [7, 11) is 4.21. The molecule has 0 fully saturated rings. The number of benzene rings is 1. The molecule has 0 aliphatic heterocycles. The van der Waals surface area contributed by atoms with Crippen molar-refractivity contribution in [3.8, 4) is 0 Å². The zero-order valence-corrected chi connectivity index (χ0v) is 14.6. The Morgan fingerprint density at radius 1 is 1.09 bits per heavy atom. The Bertz CT molecular complexity index is 901. The van der Waals surface area contributed by atoms with Crippen molar-refractivity contribution in [3.63, 3.8) is 0 Å². The number of nitrogens with zero attached hydrogens (tertiary/aromatic N) is 1. The summed E-state index contributed by atoms with van der Waals surface area (Å²) >= 11 is 1.82. The molecule has 2 heteroatoms. The summed E-state index contributed by atoms with van der Waals surface area (Å²) in [5, 5.41) is 2.17. The van der Waals surface area contributed by atoms with Gasteiger partial charge < -0.3 is 0 Å². The molecule has 0 saturated carbocycles. The van der Waals surface area contributed by atoms with Crippen molar-refractivity contribution in [2.75, 3.05) is 14.1 Å². The van der Waals surface area contributed by atoms with Crippen LogP contribution in [0, 0.1) is 6.92 Å². The van der Waals surface area contributed by atoms with Crippen LogP contribution in [-0.2, 0) is 6.42 Å². The molecule has 1 aromatic heterocycles. The summed E-state index contributed by atoms with van der Waals surface area (Å²) in [6, 6.07) is 11.2. The second kappa shape index (κ2) is 5.47. The molecule has 0 amide bonds. The maximum atomic E-state index is 2.34. The van der Waals surface area contributed by atoms with Crippen LogP contribution in [0.4, 0.5) is 0 Å². The second-order valence-corrected chi connectivity index (χ2v) is 7.37. The summed E-state index contributed by atoms with van der Waals surface area (Å²) in [5.41, 5.74) is 9.64. The molecule has 0 unspecified atom stereocenters. The Kier molecular flexibility index (Phi) is 3.42. The number of fused-ring (bicyclic) bond motifs is 2. The zero-order chi connectivity index (χ0) is 16.0. The van der Waals surface area contributed by atoms with E-state index in [2.05, 4.69) is 79.5 Å². The van der Waals surface area contributed by atoms with E-state index in [1.54, 1.807) is 0 Å². The first kappa shape index (κ1) is 14.4. The lowest BCUT2D eigenvalue weighted by atomic mass is 9.79. The summed E-state index contributed by atoms with van der Waals surface area (Å²) in [6.45, 7) is 2.18. The van der Waals surface area contributed by atoms with Gasteiger partial charge in [-0.3, -0.25) is 0 Å². The van der Waals surface area contributed by atoms with Crippen molar-refractivity contribution in [3.05, 3.63) is 86.7 Å². The van der Waals surface area contributed by atoms with Gasteiger partial charge in [-0.05, 0) is 53.1 Å². The molecule has 0 bridgehead atoms. The molecule has 1 aromatic carbocycles. The molecule has 114 valence electrons. The maximum Gasteiger partial charge on any atom is 0.199 e. The Morgan fingerprint density at radius 3 is 2.70 bits per heavy atom. The number of hydrogen-bond donors (Lipinski definition) is 0. The zero-order valence-electron chi connectivity index (χ0n) is 13.8. The minimum absolute atomic E-state index is 1.02. The van der Waals surface area contributed by atoms with Crippen molar-refractivity contribution >= 4 is 22.6 Å². The van der Waals surface area contributed by atoms with E-state index in [9.17, 15) is 0 Å². The number of thiophene rings is 1. The lowest BCUT2D eigenvalue weighted by Crippen LogP contribution is -2.16. The SMILES string of the molecule is Cc1ccc2c(c1)CC1=CC(=[N+](C)C)C=CC1=C2c1cccs1. The van der Waals surface area contributed by atoms with Gasteiger partial charge >= 0.3 is 0 Å². The summed E-state index contributed by atoms with van der Waals surface area (Å²) in [5.74, 6) is 0. The molecule has 0 atom stereocenters. The highest BCUT2D eigenvalue weighted by Gasteiger charge is 2.26. The van der Waals surface area contributed by atoms with Gasteiger partial charge in [0, 0.05) is 22.6 Å². The van der Waals surface area contributed by atoms with Crippen LogP contribution in [-0.4, -0.2) is 24.4 Å². The highest BCUT2D eigenvalue weighted by molar-refractivity contribution is 7.11. The van der Waals surface area contributed by atoms with Crippen molar-refractivity contribution in [1.29, 1.82) is 0 Å². The summed E-state index contributed by atoms with van der Waals surface area (Å²) in [6.07, 6.45) is 7.88. The normalized spacial score (nSPS) is 16.1. The lowest BCUT2D eigenvalue weighted by Gasteiger charge is -2.26. The fraction of sp³-hybridized carbons (Fsp3) is 0.190. The van der Waals surface area contributed by atoms with E-state index < -0.39 is 0 Å². The first-order valence-corrected chi connectivity index (χ1v) is 8.83. The van der Waals surface area contributed by atoms with Crippen molar-refractivity contribution in [1.82, 2.24) is 0 Å². The Hall–Kier alpha value is -2.19. The van der Waals surface area contributed by atoms with Gasteiger partial charge in [0.2, 0.25) is 0 Å². The molecular formula is C21H20NS+. The van der Waals surface area contributed by atoms with Gasteiger partial charge in [-0.15, -0.1) is 11.3 Å². The van der Waals surface area contributed by atoms with E-state index in [4.69, 9.17) is 0 Å². The summed E-state index contributed by atoms with van der Waals surface area (Å²) in [4.78, 5) is 1.36. The fourth-order valence-corrected chi connectivity index (χ4v) is 4.20. The molecule has 0 saturated heterocycles. The summed E-state index contributed by atoms with van der Waals surface area (Å²) < 4.78 is 2.18. The van der Waals surface area contributed by atoms with Gasteiger partial charge in [0.15, 0.2) is 5.71 Å². The van der Waals surface area contributed by atoms with Gasteiger partial charge in [0.25, 0.3) is 0 Å². The van der Waals surface area contributed by atoms with E-state index in [-0.39, 0.29) is 0 Å². The molecule has 4 rings (SSSR count). The van der Waals surface area contributed by atoms with Gasteiger partial charge in [-0.2, -0.15) is 0 Å². The highest BCUT2D eigenvalue weighted by Crippen LogP contribution is 2.42. The molecule has 0 radical (unpaired) electrons. The smallest absolute Gasteiger partial charge is 0.199 e. The number of rotatable bonds is 1. The molecule has 2 aliphatic rings. The monoisotopic (exact) mass is 318 g/mol. The van der Waals surface area contributed by atoms with Crippen LogP contribution in [0.15, 0.2) is 65.1 Å². The van der Waals surface area contributed by atoms with Crippen molar-refractivity contribution < 1.29 is 4.58 Å². The van der Waals surface area contributed by atoms with Crippen LogP contribution in [0.2, 0.25) is 0 Å². The molecule has 23 heavy (non-hydrogen) atoms. The third-order valence-electron chi connectivity index (χ3n) is 4.55. The van der Waals surface area contributed by atoms with Crippen LogP contribution in [0.25, 0.3) is 5.57 Å². The number of hydrogen-bond acceptors (Lipinski definition) is 1. The second-order valence-electron chi connectivity index (χ2n) is 6.43. The van der Waals surface area contributed by atoms with Gasteiger partial charge in [0.1, 0.15) is 14.1 Å². The first-order valence-electron chi connectivity index (χ1n) is 7.95. The van der Waals surface area contributed by atoms with Crippen LogP contribution in [0.3, 0.4) is 0 Å². The molecule has 1 nitrogen and oxygen atoms in total. The number of allylic oxidation sites excluding steroid dienone is 5. The molecule has 1 heterocycles. The van der Waals surface area contributed by atoms with Crippen molar-refractivity contribution in [2.24, 2.45) is 0 Å². The first-order chi connectivity index (χ1) is 11.1. The Morgan fingerprint density at radius 2 is 1.96 bits per heavy atom. The van der Waals surface area contributed by atoms with E-state index in [0.29, 0.717) is 0 Å². The molecule has 0 N–H and O–H groups in total. The van der Waals surface area contributed by atoms with Crippen LogP contribution < -0.4 is 0 Å². The molecule has 2 aromatic rings. The third-order valence-corrected chi connectivity index (χ3v) is 5.44. The molecule has 2 aliphatic carbocycles. The molecule has 0 spiro atoms. The van der Waals surface area contributed by atoms with Crippen LogP contribution in [0.1, 0.15) is 21.6 Å². The Labute approximate surface area is 141 Å². The van der Waals surface area contributed by atoms with E-state index in [1.165, 1.54) is 44.0 Å². The minimum atomic E-state index is 1.02. The highest BCUT2D eigenvalue weighted by atomic mass is 32.1. The lowest BCUT2D eigenvalue weighted by molar-refractivity contribution is -0.462. The maximum absolute atomic E-state index is 2.34. The Balaban J connectivity index is 2.00. The third kappa shape index (κ3) is 2.43. The van der Waals surface area contributed by atoms with Gasteiger partial charge in [-0.25, -0.2) is 4.58 Å². The van der Waals surface area contributed by atoms with Crippen molar-refractivity contribution in [2.45, 2.75) is 13.3 Å². The number of aryl methyl sites for hydroxylation is 1. The topological polar surface area (TPSA) is 3.01 Å². The van der Waals surface area contributed by atoms with Crippen LogP contribution >= 0.6 is 11.3 Å². The predicted molar refractivity (Wildman–Crippen MR) is 99.6 cm³/mol. The van der Waals surface area contributed by atoms with E-state index in [0.717, 1.165) is 6.42 Å². The standard InChI is InChI=1S/C21H20NS/c1-14-6-8-18-15(11-14)12-16-13-17(22(2)3)7-9-19(16)21(18)20-5-4-10-23-20/h4-11,13H,12H2,1-3H3/q+1. The largest absolute Gasteiger partial charge is 0.235 e. The van der Waals surface area contributed by atoms with Gasteiger partial charge in [0.05, 0.1) is 0 Å². The van der Waals surface area contributed by atoms with E-state index >= 15 is 0 Å². The average molecular weight is 318 g/mol. The van der Waals surface area contributed by atoms with Crippen LogP contribution in [0.5, 0.6) is 0 Å². The van der Waals surface area contributed by atoms with Gasteiger partial charge in [-0.1, -0.05) is 29.8 Å².